The van der Waals surface area contributed by atoms with E-state index >= 15 is 0 Å². The summed E-state index contributed by atoms with van der Waals surface area (Å²) in [4.78, 5) is 13.1. The predicted octanol–water partition coefficient (Wildman–Crippen LogP) is 4.35. The van der Waals surface area contributed by atoms with Crippen LogP contribution in [-0.2, 0) is 4.79 Å². The molecule has 0 unspecified atom stereocenters. The first-order valence-corrected chi connectivity index (χ1v) is 9.84. The summed E-state index contributed by atoms with van der Waals surface area (Å²) in [7, 11) is 0. The second-order valence-corrected chi connectivity index (χ2v) is 7.77. The molecule has 1 amide bonds. The normalized spacial score (nSPS) is 13.8. The molecule has 0 aliphatic heterocycles. The molecule has 1 saturated carbocycles. The number of nitrogens with zero attached hydrogens (tertiary/aromatic N) is 3. The van der Waals surface area contributed by atoms with Crippen molar-refractivity contribution in [1.29, 1.82) is 0 Å². The molecule has 3 aromatic rings. The number of aromatic nitrogens is 3. The van der Waals surface area contributed by atoms with E-state index in [0.717, 1.165) is 41.7 Å². The zero-order valence-electron chi connectivity index (χ0n) is 13.5. The number of rotatable bonds is 6. The van der Waals surface area contributed by atoms with Gasteiger partial charge in [-0.25, -0.2) is 8.78 Å². The lowest BCUT2D eigenvalue weighted by Gasteiger charge is -2.08. The lowest BCUT2D eigenvalue weighted by atomic mass is 10.3. The molecule has 0 radical (unpaired) electrons. The van der Waals surface area contributed by atoms with Crippen LogP contribution in [0.4, 0.5) is 14.5 Å². The van der Waals surface area contributed by atoms with Crippen molar-refractivity contribution in [3.63, 3.8) is 0 Å². The van der Waals surface area contributed by atoms with Crippen LogP contribution in [0.1, 0.15) is 18.9 Å². The Morgan fingerprint density at radius 1 is 1.27 bits per heavy atom. The molecule has 4 rings (SSSR count). The fraction of sp³-hybridized carbons (Fsp3) is 0.235. The number of anilines is 1. The number of thioether (sulfide) groups is 1. The van der Waals surface area contributed by atoms with Crippen LogP contribution in [0.25, 0.3) is 10.7 Å². The van der Waals surface area contributed by atoms with E-state index in [9.17, 15) is 13.6 Å². The monoisotopic (exact) mass is 392 g/mol. The minimum Gasteiger partial charge on any atom is -0.325 e. The Labute approximate surface area is 156 Å². The number of benzene rings is 1. The van der Waals surface area contributed by atoms with Crippen LogP contribution in [0.15, 0.2) is 40.9 Å². The molecule has 0 saturated heterocycles. The van der Waals surface area contributed by atoms with Gasteiger partial charge in [-0.2, -0.15) is 0 Å². The Morgan fingerprint density at radius 3 is 2.69 bits per heavy atom. The van der Waals surface area contributed by atoms with Gasteiger partial charge in [-0.3, -0.25) is 9.36 Å². The van der Waals surface area contributed by atoms with Crippen LogP contribution >= 0.6 is 23.1 Å². The SMILES string of the molecule is O=C(CSc1nnc(-c2cccs2)n1C1CC1)Nc1cc(F)cc(F)c1. The minimum atomic E-state index is -0.734. The molecule has 0 atom stereocenters. The number of carbonyl (C=O) groups is 1. The van der Waals surface area contributed by atoms with E-state index in [0.29, 0.717) is 11.2 Å². The number of hydrogen-bond acceptors (Lipinski definition) is 5. The van der Waals surface area contributed by atoms with E-state index in [1.54, 1.807) is 11.3 Å². The van der Waals surface area contributed by atoms with Crippen LogP contribution in [0.2, 0.25) is 0 Å². The third-order valence-corrected chi connectivity index (χ3v) is 5.61. The fourth-order valence-electron chi connectivity index (χ4n) is 2.56. The molecular weight excluding hydrogens is 378 g/mol. The molecule has 2 aromatic heterocycles. The molecule has 2 heterocycles. The van der Waals surface area contributed by atoms with Gasteiger partial charge in [0, 0.05) is 17.8 Å². The van der Waals surface area contributed by atoms with Gasteiger partial charge in [-0.05, 0) is 36.4 Å². The number of thiophene rings is 1. The van der Waals surface area contributed by atoms with Crippen LogP contribution < -0.4 is 5.32 Å². The quantitative estimate of drug-likeness (QED) is 0.634. The zero-order chi connectivity index (χ0) is 18.1. The number of carbonyl (C=O) groups excluding carboxylic acids is 1. The van der Waals surface area contributed by atoms with Crippen molar-refractivity contribution >= 4 is 34.7 Å². The minimum absolute atomic E-state index is 0.0768. The Kier molecular flexibility index (Phi) is 4.73. The molecular formula is C17H14F2N4OS2. The Hall–Kier alpha value is -2.26. The van der Waals surface area contributed by atoms with Crippen molar-refractivity contribution in [2.24, 2.45) is 0 Å². The Balaban J connectivity index is 1.45. The highest BCUT2D eigenvalue weighted by molar-refractivity contribution is 7.99. The molecule has 1 aliphatic carbocycles. The van der Waals surface area contributed by atoms with Crippen molar-refractivity contribution in [3.8, 4) is 10.7 Å². The van der Waals surface area contributed by atoms with Crippen LogP contribution in [0.5, 0.6) is 0 Å². The average molecular weight is 392 g/mol. The van der Waals surface area contributed by atoms with Gasteiger partial charge in [-0.1, -0.05) is 17.8 Å². The van der Waals surface area contributed by atoms with Gasteiger partial charge in [0.1, 0.15) is 11.6 Å². The maximum Gasteiger partial charge on any atom is 0.234 e. The summed E-state index contributed by atoms with van der Waals surface area (Å²) in [6.07, 6.45) is 2.14. The zero-order valence-corrected chi connectivity index (χ0v) is 15.1. The lowest BCUT2D eigenvalue weighted by molar-refractivity contribution is -0.113. The largest absolute Gasteiger partial charge is 0.325 e. The first kappa shape index (κ1) is 17.2. The molecule has 0 spiro atoms. The van der Waals surface area contributed by atoms with E-state index in [2.05, 4.69) is 20.1 Å². The van der Waals surface area contributed by atoms with Gasteiger partial charge in [0.2, 0.25) is 5.91 Å². The maximum atomic E-state index is 13.2. The Morgan fingerprint density at radius 2 is 2.04 bits per heavy atom. The predicted molar refractivity (Wildman–Crippen MR) is 97.3 cm³/mol. The highest BCUT2D eigenvalue weighted by Gasteiger charge is 2.30. The topological polar surface area (TPSA) is 59.8 Å². The molecule has 1 aliphatic rings. The molecule has 1 fully saturated rings. The van der Waals surface area contributed by atoms with E-state index in [4.69, 9.17) is 0 Å². The summed E-state index contributed by atoms with van der Waals surface area (Å²) in [6, 6.07) is 7.23. The number of halogens is 2. The van der Waals surface area contributed by atoms with Gasteiger partial charge in [0.05, 0.1) is 10.6 Å². The third-order valence-electron chi connectivity index (χ3n) is 3.80. The van der Waals surface area contributed by atoms with Crippen molar-refractivity contribution in [1.82, 2.24) is 14.8 Å². The molecule has 1 N–H and O–H groups in total. The molecule has 134 valence electrons. The van der Waals surface area contributed by atoms with Crippen LogP contribution in [0.3, 0.4) is 0 Å². The smallest absolute Gasteiger partial charge is 0.234 e. The lowest BCUT2D eigenvalue weighted by Crippen LogP contribution is -2.15. The Bertz CT molecular complexity index is 918. The standard InChI is InChI=1S/C17H14F2N4OS2/c18-10-6-11(19)8-12(7-10)20-15(24)9-26-17-22-21-16(14-2-1-5-25-14)23(17)13-3-4-13/h1-2,5-8,13H,3-4,9H2,(H,20,24). The van der Waals surface area contributed by atoms with Gasteiger partial charge in [-0.15, -0.1) is 21.5 Å². The summed E-state index contributed by atoms with van der Waals surface area (Å²) < 4.78 is 28.5. The number of nitrogens with one attached hydrogen (secondary N) is 1. The molecule has 1 aromatic carbocycles. The molecule has 26 heavy (non-hydrogen) atoms. The van der Waals surface area contributed by atoms with Crippen molar-refractivity contribution in [2.45, 2.75) is 24.0 Å². The summed E-state index contributed by atoms with van der Waals surface area (Å²) in [5.41, 5.74) is 0.0936. The van der Waals surface area contributed by atoms with Crippen LogP contribution in [-0.4, -0.2) is 26.4 Å². The van der Waals surface area contributed by atoms with Gasteiger partial charge >= 0.3 is 0 Å². The summed E-state index contributed by atoms with van der Waals surface area (Å²) >= 11 is 2.86. The fourth-order valence-corrected chi connectivity index (χ4v) is 4.08. The average Bonchev–Trinajstić information content (AvgIpc) is 3.11. The highest BCUT2D eigenvalue weighted by Crippen LogP contribution is 2.41. The summed E-state index contributed by atoms with van der Waals surface area (Å²) in [5.74, 6) is -0.933. The first-order chi connectivity index (χ1) is 12.6. The van der Waals surface area contributed by atoms with Gasteiger partial charge in [0.15, 0.2) is 11.0 Å². The number of hydrogen-bond donors (Lipinski definition) is 1. The maximum absolute atomic E-state index is 13.2. The van der Waals surface area contributed by atoms with Crippen molar-refractivity contribution in [2.75, 3.05) is 11.1 Å². The van der Waals surface area contributed by atoms with Crippen molar-refractivity contribution < 1.29 is 13.6 Å². The highest BCUT2D eigenvalue weighted by atomic mass is 32.2. The van der Waals surface area contributed by atoms with E-state index in [1.165, 1.54) is 11.8 Å². The van der Waals surface area contributed by atoms with Gasteiger partial charge in [0.25, 0.3) is 0 Å². The summed E-state index contributed by atoms with van der Waals surface area (Å²) in [6.45, 7) is 0. The van der Waals surface area contributed by atoms with Gasteiger partial charge < -0.3 is 5.32 Å². The third kappa shape index (κ3) is 3.78. The second kappa shape index (κ2) is 7.16. The second-order valence-electron chi connectivity index (χ2n) is 5.88. The molecule has 9 heteroatoms. The van der Waals surface area contributed by atoms with E-state index < -0.39 is 11.6 Å². The van der Waals surface area contributed by atoms with E-state index in [-0.39, 0.29) is 17.3 Å². The van der Waals surface area contributed by atoms with E-state index in [1.807, 2.05) is 17.5 Å². The number of amides is 1. The molecule has 0 bridgehead atoms. The summed E-state index contributed by atoms with van der Waals surface area (Å²) in [5, 5.41) is 13.7. The van der Waals surface area contributed by atoms with Crippen LogP contribution in [0, 0.1) is 11.6 Å². The van der Waals surface area contributed by atoms with Crippen molar-refractivity contribution in [3.05, 3.63) is 47.3 Å². The first-order valence-electron chi connectivity index (χ1n) is 7.97. The molecule has 5 nitrogen and oxygen atoms in total.